The number of rotatable bonds is 6. The van der Waals surface area contributed by atoms with Gasteiger partial charge in [-0.3, -0.25) is 0 Å². The van der Waals surface area contributed by atoms with E-state index in [2.05, 4.69) is 22.5 Å². The molecule has 2 fully saturated rings. The van der Waals surface area contributed by atoms with Crippen molar-refractivity contribution in [3.05, 3.63) is 0 Å². The minimum atomic E-state index is 0.734. The lowest BCUT2D eigenvalue weighted by Gasteiger charge is -2.29. The second-order valence-corrected chi connectivity index (χ2v) is 5.92. The van der Waals surface area contributed by atoms with Crippen LogP contribution in [-0.2, 0) is 0 Å². The molecule has 2 aliphatic heterocycles. The van der Waals surface area contributed by atoms with Crippen LogP contribution in [0.5, 0.6) is 0 Å². The van der Waals surface area contributed by atoms with Gasteiger partial charge in [-0.25, -0.2) is 0 Å². The molecule has 3 nitrogen and oxygen atoms in total. The van der Waals surface area contributed by atoms with Crippen molar-refractivity contribution in [2.75, 3.05) is 39.3 Å². The first-order valence-corrected chi connectivity index (χ1v) is 7.51. The second kappa shape index (κ2) is 7.34. The van der Waals surface area contributed by atoms with E-state index < -0.39 is 0 Å². The van der Waals surface area contributed by atoms with Gasteiger partial charge in [0.05, 0.1) is 0 Å². The molecule has 2 aliphatic rings. The Labute approximate surface area is 106 Å². The number of nitrogens with one attached hydrogen (secondary N) is 2. The molecule has 0 saturated carbocycles. The first-order chi connectivity index (χ1) is 8.34. The lowest BCUT2D eigenvalue weighted by Crippen LogP contribution is -2.39. The lowest BCUT2D eigenvalue weighted by molar-refractivity contribution is 0.198. The molecular formula is C14H29N3. The van der Waals surface area contributed by atoms with Gasteiger partial charge in [0.2, 0.25) is 0 Å². The third-order valence-electron chi connectivity index (χ3n) is 4.06. The van der Waals surface area contributed by atoms with Gasteiger partial charge in [0.15, 0.2) is 0 Å². The van der Waals surface area contributed by atoms with Crippen LogP contribution in [0.4, 0.5) is 0 Å². The molecule has 17 heavy (non-hydrogen) atoms. The molecule has 0 aromatic rings. The highest BCUT2D eigenvalue weighted by atomic mass is 15.1. The molecule has 0 bridgehead atoms. The highest BCUT2D eigenvalue weighted by Crippen LogP contribution is 2.10. The molecule has 0 radical (unpaired) electrons. The van der Waals surface area contributed by atoms with E-state index in [0.717, 1.165) is 18.5 Å². The Balaban J connectivity index is 1.52. The molecule has 2 N–H and O–H groups in total. The summed E-state index contributed by atoms with van der Waals surface area (Å²) in [6.45, 7) is 9.87. The summed E-state index contributed by atoms with van der Waals surface area (Å²) in [7, 11) is 0. The van der Waals surface area contributed by atoms with Crippen molar-refractivity contribution in [1.29, 1.82) is 0 Å². The number of likely N-dealkylation sites (tertiary alicyclic amines) is 1. The summed E-state index contributed by atoms with van der Waals surface area (Å²) in [6.07, 6.45) is 6.97. The van der Waals surface area contributed by atoms with E-state index in [1.54, 1.807) is 0 Å². The van der Waals surface area contributed by atoms with Crippen molar-refractivity contribution in [3.8, 4) is 0 Å². The number of hydrogen-bond donors (Lipinski definition) is 2. The molecule has 2 unspecified atom stereocenters. The minimum Gasteiger partial charge on any atom is -0.315 e. The fourth-order valence-electron chi connectivity index (χ4n) is 3.08. The maximum Gasteiger partial charge on any atom is 0.0192 e. The Morgan fingerprint density at radius 1 is 1.24 bits per heavy atom. The first kappa shape index (κ1) is 13.3. The lowest BCUT2D eigenvalue weighted by atomic mass is 10.1. The van der Waals surface area contributed by atoms with E-state index in [1.807, 2.05) is 0 Å². The molecule has 100 valence electrons. The van der Waals surface area contributed by atoms with Gasteiger partial charge >= 0.3 is 0 Å². The van der Waals surface area contributed by atoms with Crippen molar-refractivity contribution in [3.63, 3.8) is 0 Å². The van der Waals surface area contributed by atoms with Gasteiger partial charge in [0, 0.05) is 19.1 Å². The zero-order valence-corrected chi connectivity index (χ0v) is 11.4. The summed E-state index contributed by atoms with van der Waals surface area (Å²) >= 11 is 0. The van der Waals surface area contributed by atoms with Gasteiger partial charge in [-0.2, -0.15) is 0 Å². The molecule has 2 saturated heterocycles. The van der Waals surface area contributed by atoms with Crippen molar-refractivity contribution >= 4 is 0 Å². The number of hydrogen-bond acceptors (Lipinski definition) is 3. The van der Waals surface area contributed by atoms with Gasteiger partial charge < -0.3 is 15.5 Å². The predicted octanol–water partition coefficient (Wildman–Crippen LogP) is 1.45. The van der Waals surface area contributed by atoms with E-state index in [-0.39, 0.29) is 0 Å². The molecule has 2 heterocycles. The third-order valence-corrected chi connectivity index (χ3v) is 4.06. The number of nitrogens with zero attached hydrogens (tertiary/aromatic N) is 1. The molecule has 0 aromatic carbocycles. The molecule has 2 atom stereocenters. The maximum atomic E-state index is 3.63. The van der Waals surface area contributed by atoms with Gasteiger partial charge in [-0.15, -0.1) is 0 Å². The predicted molar refractivity (Wildman–Crippen MR) is 73.3 cm³/mol. The highest BCUT2D eigenvalue weighted by molar-refractivity contribution is 4.77. The van der Waals surface area contributed by atoms with Crippen LogP contribution < -0.4 is 10.6 Å². The fourth-order valence-corrected chi connectivity index (χ4v) is 3.08. The summed E-state index contributed by atoms with van der Waals surface area (Å²) in [4.78, 5) is 2.64. The second-order valence-electron chi connectivity index (χ2n) is 5.92. The van der Waals surface area contributed by atoms with Gasteiger partial charge in [-0.05, 0) is 57.8 Å². The largest absolute Gasteiger partial charge is 0.315 e. The van der Waals surface area contributed by atoms with Crippen LogP contribution in [0.15, 0.2) is 0 Å². The molecule has 3 heteroatoms. The highest BCUT2D eigenvalue weighted by Gasteiger charge is 2.15. The Kier molecular flexibility index (Phi) is 5.75. The van der Waals surface area contributed by atoms with Crippen LogP contribution in [0.1, 0.15) is 39.0 Å². The standard InChI is InChI=1S/C14H29N3/c1-13(12-17-8-3-2-4-9-17)10-15-11-14-6-5-7-16-14/h13-16H,2-12H2,1H3. The number of piperidine rings is 1. The van der Waals surface area contributed by atoms with Crippen molar-refractivity contribution in [2.24, 2.45) is 5.92 Å². The van der Waals surface area contributed by atoms with Crippen LogP contribution in [0.25, 0.3) is 0 Å². The van der Waals surface area contributed by atoms with Crippen LogP contribution >= 0.6 is 0 Å². The maximum absolute atomic E-state index is 3.63. The first-order valence-electron chi connectivity index (χ1n) is 7.51. The molecular weight excluding hydrogens is 210 g/mol. The minimum absolute atomic E-state index is 0.734. The van der Waals surface area contributed by atoms with Crippen molar-refractivity contribution in [2.45, 2.75) is 45.1 Å². The topological polar surface area (TPSA) is 27.3 Å². The summed E-state index contributed by atoms with van der Waals surface area (Å²) < 4.78 is 0. The zero-order chi connectivity index (χ0) is 11.9. The van der Waals surface area contributed by atoms with Crippen molar-refractivity contribution < 1.29 is 0 Å². The third kappa shape index (κ3) is 4.94. The summed E-state index contributed by atoms with van der Waals surface area (Å²) in [5.74, 6) is 0.787. The quantitative estimate of drug-likeness (QED) is 0.735. The van der Waals surface area contributed by atoms with Gasteiger partial charge in [0.1, 0.15) is 0 Å². The Morgan fingerprint density at radius 3 is 2.76 bits per heavy atom. The van der Waals surface area contributed by atoms with Crippen LogP contribution in [0.3, 0.4) is 0 Å². The molecule has 0 amide bonds. The summed E-state index contributed by atoms with van der Waals surface area (Å²) in [5, 5.41) is 7.17. The monoisotopic (exact) mass is 239 g/mol. The summed E-state index contributed by atoms with van der Waals surface area (Å²) in [6, 6.07) is 0.734. The van der Waals surface area contributed by atoms with Crippen LogP contribution in [-0.4, -0.2) is 50.2 Å². The van der Waals surface area contributed by atoms with E-state index in [0.29, 0.717) is 0 Å². The van der Waals surface area contributed by atoms with Gasteiger partial charge in [0.25, 0.3) is 0 Å². The average Bonchev–Trinajstić information content (AvgIpc) is 2.83. The zero-order valence-electron chi connectivity index (χ0n) is 11.4. The Morgan fingerprint density at radius 2 is 2.06 bits per heavy atom. The van der Waals surface area contributed by atoms with Gasteiger partial charge in [-0.1, -0.05) is 13.3 Å². The molecule has 2 rings (SSSR count). The average molecular weight is 239 g/mol. The Bertz CT molecular complexity index is 196. The Hall–Kier alpha value is -0.120. The van der Waals surface area contributed by atoms with Crippen molar-refractivity contribution in [1.82, 2.24) is 15.5 Å². The van der Waals surface area contributed by atoms with E-state index in [1.165, 1.54) is 64.8 Å². The molecule has 0 aromatic heterocycles. The van der Waals surface area contributed by atoms with E-state index in [9.17, 15) is 0 Å². The van der Waals surface area contributed by atoms with Crippen LogP contribution in [0.2, 0.25) is 0 Å². The van der Waals surface area contributed by atoms with Crippen LogP contribution in [0, 0.1) is 5.92 Å². The van der Waals surface area contributed by atoms with E-state index >= 15 is 0 Å². The smallest absolute Gasteiger partial charge is 0.0192 e. The molecule has 0 spiro atoms. The molecule has 0 aliphatic carbocycles. The fraction of sp³-hybridized carbons (Fsp3) is 1.00. The summed E-state index contributed by atoms with van der Waals surface area (Å²) in [5.41, 5.74) is 0. The SMILES string of the molecule is CC(CNCC1CCCN1)CN1CCCCC1. The normalized spacial score (nSPS) is 28.4. The van der Waals surface area contributed by atoms with E-state index in [4.69, 9.17) is 0 Å².